The molecule has 0 aliphatic carbocycles. The summed E-state index contributed by atoms with van der Waals surface area (Å²) in [5.74, 6) is 0.458. The van der Waals surface area contributed by atoms with Gasteiger partial charge in [0.25, 0.3) is 5.56 Å². The van der Waals surface area contributed by atoms with Crippen LogP contribution in [0.15, 0.2) is 39.9 Å². The number of hydrogen-bond donors (Lipinski definition) is 2. The van der Waals surface area contributed by atoms with Crippen LogP contribution in [0.1, 0.15) is 5.56 Å². The van der Waals surface area contributed by atoms with E-state index < -0.39 is 17.4 Å². The first-order valence-electron chi connectivity index (χ1n) is 10.9. The Balaban J connectivity index is 1.66. The highest BCUT2D eigenvalue weighted by molar-refractivity contribution is 5.74. The minimum absolute atomic E-state index is 0.202. The van der Waals surface area contributed by atoms with Gasteiger partial charge in [0.05, 0.1) is 12.6 Å². The third-order valence-electron chi connectivity index (χ3n) is 6.10. The van der Waals surface area contributed by atoms with Crippen LogP contribution in [-0.4, -0.2) is 79.5 Å². The molecule has 1 atom stereocenters. The predicted octanol–water partition coefficient (Wildman–Crippen LogP) is -0.346. The van der Waals surface area contributed by atoms with Crippen LogP contribution in [0.4, 0.5) is 5.95 Å². The number of benzene rings is 1. The van der Waals surface area contributed by atoms with Crippen LogP contribution in [0.25, 0.3) is 11.2 Å². The third-order valence-corrected chi connectivity index (χ3v) is 6.10. The molecular weight excluding hydrogens is 410 g/mol. The molecule has 2 N–H and O–H groups in total. The zero-order valence-electron chi connectivity index (χ0n) is 18.9. The fourth-order valence-corrected chi connectivity index (χ4v) is 4.13. The van der Waals surface area contributed by atoms with Gasteiger partial charge in [-0.25, -0.2) is 4.79 Å². The molecule has 2 aromatic heterocycles. The molecular formula is C22H31N7O3. The number of anilines is 1. The van der Waals surface area contributed by atoms with Crippen molar-refractivity contribution >= 4 is 17.1 Å². The first kappa shape index (κ1) is 22.3. The molecule has 3 heterocycles. The van der Waals surface area contributed by atoms with Crippen LogP contribution in [0.2, 0.25) is 0 Å². The zero-order valence-corrected chi connectivity index (χ0v) is 18.9. The molecule has 1 unspecified atom stereocenters. The maximum absolute atomic E-state index is 13.0. The Morgan fingerprint density at radius 3 is 2.38 bits per heavy atom. The summed E-state index contributed by atoms with van der Waals surface area (Å²) in [6.07, 6.45) is -0.685. The quantitative estimate of drug-likeness (QED) is 0.517. The van der Waals surface area contributed by atoms with Crippen LogP contribution in [-0.2, 0) is 27.2 Å². The number of β-amino-alcohol motifs (C(OH)–C–C–N with tert-alkyl or cyclic N) is 1. The van der Waals surface area contributed by atoms with Crippen LogP contribution >= 0.6 is 0 Å². The van der Waals surface area contributed by atoms with Gasteiger partial charge in [0.15, 0.2) is 11.2 Å². The molecule has 1 aliphatic rings. The minimum Gasteiger partial charge on any atom is -0.390 e. The molecule has 1 aliphatic heterocycles. The number of imidazole rings is 1. The lowest BCUT2D eigenvalue weighted by Gasteiger charge is -2.33. The van der Waals surface area contributed by atoms with Crippen molar-refractivity contribution in [2.24, 2.45) is 14.1 Å². The number of fused-ring (bicyclic) bond motifs is 1. The number of nitrogens with one attached hydrogen (secondary N) is 1. The summed E-state index contributed by atoms with van der Waals surface area (Å²) in [7, 11) is 5.15. The predicted molar refractivity (Wildman–Crippen MR) is 124 cm³/mol. The largest absolute Gasteiger partial charge is 0.390 e. The maximum atomic E-state index is 13.0. The number of likely N-dealkylation sites (N-methyl/N-ethyl adjacent to an activating group) is 1. The highest BCUT2D eigenvalue weighted by Crippen LogP contribution is 2.18. The summed E-state index contributed by atoms with van der Waals surface area (Å²) in [5.41, 5.74) is 0.823. The van der Waals surface area contributed by atoms with Gasteiger partial charge in [0, 0.05) is 53.4 Å². The van der Waals surface area contributed by atoms with Crippen molar-refractivity contribution in [3.8, 4) is 0 Å². The van der Waals surface area contributed by atoms with E-state index in [0.29, 0.717) is 30.2 Å². The molecule has 0 saturated carbocycles. The van der Waals surface area contributed by atoms with E-state index >= 15 is 0 Å². The average Bonchev–Trinajstić information content (AvgIpc) is 3.15. The van der Waals surface area contributed by atoms with E-state index in [1.807, 2.05) is 30.3 Å². The van der Waals surface area contributed by atoms with E-state index in [4.69, 9.17) is 0 Å². The molecule has 32 heavy (non-hydrogen) atoms. The number of piperazine rings is 1. The van der Waals surface area contributed by atoms with Gasteiger partial charge in [-0.15, -0.1) is 0 Å². The van der Waals surface area contributed by atoms with Crippen molar-refractivity contribution in [2.45, 2.75) is 19.2 Å². The summed E-state index contributed by atoms with van der Waals surface area (Å²) in [6.45, 7) is 4.94. The van der Waals surface area contributed by atoms with Gasteiger partial charge in [0.2, 0.25) is 5.95 Å². The molecule has 1 saturated heterocycles. The molecule has 0 radical (unpaired) electrons. The summed E-state index contributed by atoms with van der Waals surface area (Å²) >= 11 is 0. The van der Waals surface area contributed by atoms with Gasteiger partial charge >= 0.3 is 5.69 Å². The van der Waals surface area contributed by atoms with Crippen molar-refractivity contribution in [3.05, 3.63) is 56.7 Å². The fourth-order valence-electron chi connectivity index (χ4n) is 4.13. The Morgan fingerprint density at radius 1 is 1.00 bits per heavy atom. The van der Waals surface area contributed by atoms with Crippen LogP contribution in [0.3, 0.4) is 0 Å². The summed E-state index contributed by atoms with van der Waals surface area (Å²) in [5, 5.41) is 14.2. The minimum atomic E-state index is -0.685. The summed E-state index contributed by atoms with van der Waals surface area (Å²) in [4.78, 5) is 34.5. The third kappa shape index (κ3) is 4.47. The number of rotatable bonds is 7. The van der Waals surface area contributed by atoms with Crippen LogP contribution < -0.4 is 16.6 Å². The SMILES string of the molecule is CN1CCN(CC(O)Cn2c(NCc3ccccc3)nc3c2c(=O)n(C)c(=O)n3C)CC1. The molecule has 0 amide bonds. The standard InChI is InChI=1S/C22H31N7O3/c1-25-9-11-28(12-10-25)14-17(30)15-29-18-19(26(2)22(32)27(3)20(18)31)24-21(29)23-13-16-7-5-4-6-8-16/h4-8,17,30H,9-15H2,1-3H3,(H,23,24). The van der Waals surface area contributed by atoms with E-state index in [1.54, 1.807) is 11.6 Å². The van der Waals surface area contributed by atoms with Gasteiger partial charge in [-0.05, 0) is 12.6 Å². The van der Waals surface area contributed by atoms with E-state index in [-0.39, 0.29) is 6.54 Å². The second-order valence-electron chi connectivity index (χ2n) is 8.52. The zero-order chi connectivity index (χ0) is 22.8. The number of aryl methyl sites for hydroxylation is 1. The Kier molecular flexibility index (Phi) is 6.45. The lowest BCUT2D eigenvalue weighted by molar-refractivity contribution is 0.0719. The van der Waals surface area contributed by atoms with Gasteiger partial charge in [-0.3, -0.25) is 18.8 Å². The Labute approximate surface area is 186 Å². The molecule has 10 nitrogen and oxygen atoms in total. The van der Waals surface area contributed by atoms with Crippen LogP contribution in [0.5, 0.6) is 0 Å². The number of nitrogens with zero attached hydrogens (tertiary/aromatic N) is 6. The Morgan fingerprint density at radius 2 is 1.69 bits per heavy atom. The highest BCUT2D eigenvalue weighted by atomic mass is 16.3. The summed E-state index contributed by atoms with van der Waals surface area (Å²) < 4.78 is 4.16. The van der Waals surface area contributed by atoms with E-state index in [2.05, 4.69) is 27.1 Å². The Hall–Kier alpha value is -2.95. The number of aromatic nitrogens is 4. The maximum Gasteiger partial charge on any atom is 0.332 e. The number of aliphatic hydroxyl groups is 1. The van der Waals surface area contributed by atoms with E-state index in [0.717, 1.165) is 36.3 Å². The van der Waals surface area contributed by atoms with Gasteiger partial charge < -0.3 is 19.9 Å². The van der Waals surface area contributed by atoms with Gasteiger partial charge in [0.1, 0.15) is 0 Å². The van der Waals surface area contributed by atoms with Crippen molar-refractivity contribution in [1.82, 2.24) is 28.5 Å². The molecule has 4 rings (SSSR count). The number of hydrogen-bond acceptors (Lipinski definition) is 7. The van der Waals surface area contributed by atoms with E-state index in [1.165, 1.54) is 11.6 Å². The average molecular weight is 442 g/mol. The lowest BCUT2D eigenvalue weighted by atomic mass is 10.2. The molecule has 10 heteroatoms. The first-order valence-corrected chi connectivity index (χ1v) is 10.9. The highest BCUT2D eigenvalue weighted by Gasteiger charge is 2.23. The van der Waals surface area contributed by atoms with Crippen molar-refractivity contribution < 1.29 is 5.11 Å². The van der Waals surface area contributed by atoms with Crippen molar-refractivity contribution in [2.75, 3.05) is 45.1 Å². The second-order valence-corrected chi connectivity index (χ2v) is 8.52. The molecule has 1 fully saturated rings. The van der Waals surface area contributed by atoms with Crippen LogP contribution in [0, 0.1) is 0 Å². The van der Waals surface area contributed by atoms with Gasteiger partial charge in [-0.2, -0.15) is 4.98 Å². The second kappa shape index (κ2) is 9.27. The topological polar surface area (TPSA) is 101 Å². The number of aliphatic hydroxyl groups excluding tert-OH is 1. The normalized spacial score (nSPS) is 16.5. The first-order chi connectivity index (χ1) is 15.3. The fraction of sp³-hybridized carbons (Fsp3) is 0.500. The molecule has 3 aromatic rings. The van der Waals surface area contributed by atoms with Crippen molar-refractivity contribution in [1.29, 1.82) is 0 Å². The monoisotopic (exact) mass is 441 g/mol. The smallest absolute Gasteiger partial charge is 0.332 e. The summed E-state index contributed by atoms with van der Waals surface area (Å²) in [6, 6.07) is 9.86. The lowest BCUT2D eigenvalue weighted by Crippen LogP contribution is -2.47. The van der Waals surface area contributed by atoms with E-state index in [9.17, 15) is 14.7 Å². The molecule has 0 bridgehead atoms. The van der Waals surface area contributed by atoms with Gasteiger partial charge in [-0.1, -0.05) is 30.3 Å². The molecule has 172 valence electrons. The molecule has 0 spiro atoms. The Bertz CT molecular complexity index is 1190. The van der Waals surface area contributed by atoms with Crippen molar-refractivity contribution in [3.63, 3.8) is 0 Å². The molecule has 1 aromatic carbocycles.